The molecule has 0 heterocycles. The van der Waals surface area contributed by atoms with Gasteiger partial charge in [0.2, 0.25) is 0 Å². The lowest BCUT2D eigenvalue weighted by Crippen LogP contribution is -2.23. The Morgan fingerprint density at radius 2 is 2.18 bits per heavy atom. The number of nitrogens with one attached hydrogen (secondary N) is 1. The van der Waals surface area contributed by atoms with Crippen LogP contribution in [0.5, 0.6) is 0 Å². The summed E-state index contributed by atoms with van der Waals surface area (Å²) in [5, 5.41) is 3.31. The second kappa shape index (κ2) is 8.20. The Kier molecular flexibility index (Phi) is 6.82. The van der Waals surface area contributed by atoms with Crippen molar-refractivity contribution >= 4 is 0 Å². The lowest BCUT2D eigenvalue weighted by molar-refractivity contribution is 0.131. The van der Waals surface area contributed by atoms with Crippen molar-refractivity contribution in [3.8, 4) is 0 Å². The standard InChI is InChI=1S/C14H22FNO/c1-3-4-9-17-10-8-16-12(2)13-6-5-7-14(15)11-13/h5-7,11-12,16H,3-4,8-10H2,1-2H3. The van der Waals surface area contributed by atoms with Crippen molar-refractivity contribution in [3.05, 3.63) is 35.6 Å². The lowest BCUT2D eigenvalue weighted by atomic mass is 10.1. The van der Waals surface area contributed by atoms with E-state index in [1.807, 2.05) is 13.0 Å². The molecule has 1 atom stereocenters. The zero-order valence-electron chi connectivity index (χ0n) is 10.7. The maximum atomic E-state index is 13.0. The van der Waals surface area contributed by atoms with Gasteiger partial charge >= 0.3 is 0 Å². The molecule has 0 saturated heterocycles. The summed E-state index contributed by atoms with van der Waals surface area (Å²) in [6, 6.07) is 6.85. The summed E-state index contributed by atoms with van der Waals surface area (Å²) in [7, 11) is 0. The van der Waals surface area contributed by atoms with Crippen LogP contribution in [0, 0.1) is 5.82 Å². The quantitative estimate of drug-likeness (QED) is 0.703. The number of hydrogen-bond acceptors (Lipinski definition) is 2. The Morgan fingerprint density at radius 3 is 2.88 bits per heavy atom. The first-order valence-electron chi connectivity index (χ1n) is 6.30. The molecule has 96 valence electrons. The Balaban J connectivity index is 2.19. The van der Waals surface area contributed by atoms with Gasteiger partial charge in [0, 0.05) is 19.2 Å². The van der Waals surface area contributed by atoms with Crippen molar-refractivity contribution in [2.24, 2.45) is 0 Å². The van der Waals surface area contributed by atoms with Gasteiger partial charge in [-0.1, -0.05) is 25.5 Å². The molecule has 2 nitrogen and oxygen atoms in total. The number of benzene rings is 1. The molecule has 3 heteroatoms. The highest BCUT2D eigenvalue weighted by Crippen LogP contribution is 2.12. The van der Waals surface area contributed by atoms with Crippen molar-refractivity contribution in [3.63, 3.8) is 0 Å². The predicted molar refractivity (Wildman–Crippen MR) is 68.5 cm³/mol. The zero-order chi connectivity index (χ0) is 12.5. The fourth-order valence-electron chi connectivity index (χ4n) is 1.59. The van der Waals surface area contributed by atoms with E-state index in [9.17, 15) is 4.39 Å². The molecule has 0 aliphatic heterocycles. The molecule has 17 heavy (non-hydrogen) atoms. The van der Waals surface area contributed by atoms with Crippen molar-refractivity contribution < 1.29 is 9.13 Å². The molecule has 0 aliphatic carbocycles. The molecule has 1 rings (SSSR count). The van der Waals surface area contributed by atoms with Gasteiger partial charge in [-0.25, -0.2) is 4.39 Å². The van der Waals surface area contributed by atoms with E-state index in [1.165, 1.54) is 6.07 Å². The van der Waals surface area contributed by atoms with Gasteiger partial charge in [0.25, 0.3) is 0 Å². The number of rotatable bonds is 8. The Labute approximate surface area is 103 Å². The number of ether oxygens (including phenoxy) is 1. The normalized spacial score (nSPS) is 12.6. The fourth-order valence-corrected chi connectivity index (χ4v) is 1.59. The fraction of sp³-hybridized carbons (Fsp3) is 0.571. The Bertz CT molecular complexity index is 317. The zero-order valence-corrected chi connectivity index (χ0v) is 10.7. The molecule has 1 aromatic carbocycles. The summed E-state index contributed by atoms with van der Waals surface area (Å²) >= 11 is 0. The number of hydrogen-bond donors (Lipinski definition) is 1. The maximum Gasteiger partial charge on any atom is 0.123 e. The molecule has 1 aromatic rings. The molecular formula is C14H22FNO. The first-order chi connectivity index (χ1) is 8.24. The highest BCUT2D eigenvalue weighted by Gasteiger charge is 2.04. The van der Waals surface area contributed by atoms with Crippen LogP contribution in [0.2, 0.25) is 0 Å². The minimum Gasteiger partial charge on any atom is -0.380 e. The van der Waals surface area contributed by atoms with Gasteiger partial charge in [0.05, 0.1) is 6.61 Å². The molecule has 0 fully saturated rings. The summed E-state index contributed by atoms with van der Waals surface area (Å²) in [6.07, 6.45) is 2.27. The largest absolute Gasteiger partial charge is 0.380 e. The van der Waals surface area contributed by atoms with Gasteiger partial charge in [-0.05, 0) is 31.0 Å². The highest BCUT2D eigenvalue weighted by atomic mass is 19.1. The molecule has 1 unspecified atom stereocenters. The van der Waals surface area contributed by atoms with Crippen LogP contribution in [0.4, 0.5) is 4.39 Å². The first kappa shape index (κ1) is 14.1. The minimum atomic E-state index is -0.185. The molecule has 0 bridgehead atoms. The SMILES string of the molecule is CCCCOCCNC(C)c1cccc(F)c1. The molecule has 0 radical (unpaired) electrons. The van der Waals surface area contributed by atoms with E-state index in [0.717, 1.165) is 31.6 Å². The topological polar surface area (TPSA) is 21.3 Å². The van der Waals surface area contributed by atoms with E-state index in [4.69, 9.17) is 4.74 Å². The maximum absolute atomic E-state index is 13.0. The van der Waals surface area contributed by atoms with Crippen LogP contribution in [0.3, 0.4) is 0 Å². The van der Waals surface area contributed by atoms with Gasteiger partial charge in [-0.15, -0.1) is 0 Å². The van der Waals surface area contributed by atoms with Crippen LogP contribution in [-0.2, 0) is 4.74 Å². The van der Waals surface area contributed by atoms with Gasteiger partial charge in [0.1, 0.15) is 5.82 Å². The smallest absolute Gasteiger partial charge is 0.123 e. The third-order valence-corrected chi connectivity index (χ3v) is 2.69. The highest BCUT2D eigenvalue weighted by molar-refractivity contribution is 5.19. The lowest BCUT2D eigenvalue weighted by Gasteiger charge is -2.14. The van der Waals surface area contributed by atoms with Crippen LogP contribution in [0.25, 0.3) is 0 Å². The van der Waals surface area contributed by atoms with E-state index < -0.39 is 0 Å². The average Bonchev–Trinajstić information content (AvgIpc) is 2.33. The molecule has 0 saturated carbocycles. The minimum absolute atomic E-state index is 0.153. The molecule has 0 amide bonds. The van der Waals surface area contributed by atoms with E-state index >= 15 is 0 Å². The van der Waals surface area contributed by atoms with Crippen LogP contribution in [-0.4, -0.2) is 19.8 Å². The summed E-state index contributed by atoms with van der Waals surface area (Å²) in [4.78, 5) is 0. The second-order valence-electron chi connectivity index (χ2n) is 4.20. The van der Waals surface area contributed by atoms with E-state index in [2.05, 4.69) is 12.2 Å². The molecule has 0 spiro atoms. The molecule has 1 N–H and O–H groups in total. The van der Waals surface area contributed by atoms with Crippen molar-refractivity contribution in [1.82, 2.24) is 5.32 Å². The Hall–Kier alpha value is -0.930. The van der Waals surface area contributed by atoms with Crippen LogP contribution >= 0.6 is 0 Å². The molecule has 0 aromatic heterocycles. The van der Waals surface area contributed by atoms with Crippen LogP contribution in [0.15, 0.2) is 24.3 Å². The number of halogens is 1. The van der Waals surface area contributed by atoms with E-state index in [0.29, 0.717) is 6.61 Å². The average molecular weight is 239 g/mol. The summed E-state index contributed by atoms with van der Waals surface area (Å²) in [5.74, 6) is -0.185. The van der Waals surface area contributed by atoms with Crippen LogP contribution < -0.4 is 5.32 Å². The summed E-state index contributed by atoms with van der Waals surface area (Å²) in [6.45, 7) is 6.50. The van der Waals surface area contributed by atoms with Gasteiger partial charge in [0.15, 0.2) is 0 Å². The third-order valence-electron chi connectivity index (χ3n) is 2.69. The predicted octanol–water partition coefficient (Wildman–Crippen LogP) is 3.29. The van der Waals surface area contributed by atoms with E-state index in [-0.39, 0.29) is 11.9 Å². The second-order valence-corrected chi connectivity index (χ2v) is 4.20. The monoisotopic (exact) mass is 239 g/mol. The van der Waals surface area contributed by atoms with Crippen LogP contribution in [0.1, 0.15) is 38.3 Å². The van der Waals surface area contributed by atoms with E-state index in [1.54, 1.807) is 12.1 Å². The Morgan fingerprint density at radius 1 is 1.35 bits per heavy atom. The van der Waals surface area contributed by atoms with Crippen molar-refractivity contribution in [2.75, 3.05) is 19.8 Å². The van der Waals surface area contributed by atoms with Crippen molar-refractivity contribution in [1.29, 1.82) is 0 Å². The molecular weight excluding hydrogens is 217 g/mol. The third kappa shape index (κ3) is 5.80. The van der Waals surface area contributed by atoms with Gasteiger partial charge in [-0.3, -0.25) is 0 Å². The summed E-state index contributed by atoms with van der Waals surface area (Å²) < 4.78 is 18.5. The summed E-state index contributed by atoms with van der Waals surface area (Å²) in [5.41, 5.74) is 0.971. The van der Waals surface area contributed by atoms with Crippen molar-refractivity contribution in [2.45, 2.75) is 32.7 Å². The van der Waals surface area contributed by atoms with Gasteiger partial charge in [-0.2, -0.15) is 0 Å². The first-order valence-corrected chi connectivity index (χ1v) is 6.30. The number of unbranched alkanes of at least 4 members (excludes halogenated alkanes) is 1. The molecule has 0 aliphatic rings. The van der Waals surface area contributed by atoms with Gasteiger partial charge < -0.3 is 10.1 Å².